The van der Waals surface area contributed by atoms with Crippen LogP contribution in [0.2, 0.25) is 0 Å². The lowest BCUT2D eigenvalue weighted by Crippen LogP contribution is -2.40. The van der Waals surface area contributed by atoms with Crippen LogP contribution in [0, 0.1) is 35.5 Å². The molecule has 0 spiro atoms. The van der Waals surface area contributed by atoms with Gasteiger partial charge in [0.25, 0.3) is 0 Å². The predicted molar refractivity (Wildman–Crippen MR) is 52.7 cm³/mol. The lowest BCUT2D eigenvalue weighted by Gasteiger charge is -2.29. The van der Waals surface area contributed by atoms with E-state index in [1.54, 1.807) is 13.8 Å². The van der Waals surface area contributed by atoms with Gasteiger partial charge < -0.3 is 9.84 Å². The maximum Gasteiger partial charge on any atom is 0.310 e. The van der Waals surface area contributed by atoms with Crippen molar-refractivity contribution in [2.75, 3.05) is 7.11 Å². The van der Waals surface area contributed by atoms with Gasteiger partial charge in [0.2, 0.25) is 0 Å². The first-order valence-electron chi connectivity index (χ1n) is 4.80. The standard InChI is InChI=1S/C11H14O4/c1-6-4-5-7(2)9(11(14)15-3)8(6)10(12)13/h6-9H,1-3H3,(H,12,13)/t6?,7?,8-,9+/m0/s1. The summed E-state index contributed by atoms with van der Waals surface area (Å²) in [6.45, 7) is 3.46. The van der Waals surface area contributed by atoms with E-state index in [1.165, 1.54) is 7.11 Å². The predicted octanol–water partition coefficient (Wildman–Crippen LogP) is 0.766. The Bertz CT molecular complexity index is 336. The molecule has 2 unspecified atom stereocenters. The normalized spacial score (nSPS) is 33.8. The number of hydrogen-bond donors (Lipinski definition) is 1. The molecule has 1 N–H and O–H groups in total. The lowest BCUT2D eigenvalue weighted by atomic mass is 9.73. The van der Waals surface area contributed by atoms with Crippen LogP contribution in [0.5, 0.6) is 0 Å². The van der Waals surface area contributed by atoms with Gasteiger partial charge in [-0.15, -0.1) is 0 Å². The molecule has 82 valence electrons. The van der Waals surface area contributed by atoms with Crippen molar-refractivity contribution >= 4 is 11.9 Å². The largest absolute Gasteiger partial charge is 0.481 e. The van der Waals surface area contributed by atoms with Gasteiger partial charge in [-0.3, -0.25) is 9.59 Å². The molecule has 1 aliphatic rings. The molecule has 1 aliphatic carbocycles. The van der Waals surface area contributed by atoms with E-state index in [-0.39, 0.29) is 11.8 Å². The number of carbonyl (C=O) groups is 2. The lowest BCUT2D eigenvalue weighted by molar-refractivity contribution is -0.158. The van der Waals surface area contributed by atoms with E-state index < -0.39 is 23.8 Å². The molecule has 0 radical (unpaired) electrons. The molecule has 0 heterocycles. The van der Waals surface area contributed by atoms with Crippen molar-refractivity contribution in [3.8, 4) is 11.8 Å². The summed E-state index contributed by atoms with van der Waals surface area (Å²) >= 11 is 0. The van der Waals surface area contributed by atoms with Crippen LogP contribution in [0.3, 0.4) is 0 Å². The zero-order valence-electron chi connectivity index (χ0n) is 8.98. The second-order valence-corrected chi connectivity index (χ2v) is 3.78. The van der Waals surface area contributed by atoms with E-state index in [9.17, 15) is 9.59 Å². The number of ether oxygens (including phenoxy) is 1. The summed E-state index contributed by atoms with van der Waals surface area (Å²) in [7, 11) is 1.26. The summed E-state index contributed by atoms with van der Waals surface area (Å²) < 4.78 is 4.62. The zero-order chi connectivity index (χ0) is 11.6. The molecule has 0 aromatic heterocycles. The third-order valence-corrected chi connectivity index (χ3v) is 2.76. The molecule has 0 aliphatic heterocycles. The monoisotopic (exact) mass is 210 g/mol. The Morgan fingerprint density at radius 1 is 1.13 bits per heavy atom. The molecule has 0 amide bonds. The number of aliphatic carboxylic acids is 1. The summed E-state index contributed by atoms with van der Waals surface area (Å²) in [5.74, 6) is 2.21. The van der Waals surface area contributed by atoms with Gasteiger partial charge in [0.05, 0.1) is 18.9 Å². The van der Waals surface area contributed by atoms with E-state index in [0.717, 1.165) is 0 Å². The third kappa shape index (κ3) is 2.12. The fourth-order valence-corrected chi connectivity index (χ4v) is 1.92. The molecule has 15 heavy (non-hydrogen) atoms. The van der Waals surface area contributed by atoms with Crippen molar-refractivity contribution in [1.29, 1.82) is 0 Å². The van der Waals surface area contributed by atoms with Gasteiger partial charge in [-0.2, -0.15) is 0 Å². The van der Waals surface area contributed by atoms with Crippen molar-refractivity contribution in [2.45, 2.75) is 13.8 Å². The van der Waals surface area contributed by atoms with Crippen molar-refractivity contribution in [2.24, 2.45) is 23.7 Å². The number of hydrogen-bond acceptors (Lipinski definition) is 3. The van der Waals surface area contributed by atoms with Crippen LogP contribution >= 0.6 is 0 Å². The first-order valence-corrected chi connectivity index (χ1v) is 4.80. The van der Waals surface area contributed by atoms with E-state index >= 15 is 0 Å². The second-order valence-electron chi connectivity index (χ2n) is 3.78. The highest BCUT2D eigenvalue weighted by atomic mass is 16.5. The summed E-state index contributed by atoms with van der Waals surface area (Å²) in [6.07, 6.45) is 0. The average Bonchev–Trinajstić information content (AvgIpc) is 2.19. The van der Waals surface area contributed by atoms with Gasteiger partial charge in [0.1, 0.15) is 0 Å². The molecule has 0 saturated carbocycles. The van der Waals surface area contributed by atoms with E-state index in [0.29, 0.717) is 0 Å². The summed E-state index contributed by atoms with van der Waals surface area (Å²) in [4.78, 5) is 22.5. The van der Waals surface area contributed by atoms with Crippen LogP contribution in [-0.2, 0) is 14.3 Å². The van der Waals surface area contributed by atoms with Crippen molar-refractivity contribution < 1.29 is 19.4 Å². The van der Waals surface area contributed by atoms with Crippen LogP contribution in [0.25, 0.3) is 0 Å². The molecule has 4 nitrogen and oxygen atoms in total. The van der Waals surface area contributed by atoms with E-state index in [1.807, 2.05) is 0 Å². The topological polar surface area (TPSA) is 63.6 Å². The maximum absolute atomic E-state index is 11.5. The Kier molecular flexibility index (Phi) is 3.35. The Balaban J connectivity index is 3.05. The van der Waals surface area contributed by atoms with Crippen LogP contribution < -0.4 is 0 Å². The minimum Gasteiger partial charge on any atom is -0.481 e. The molecule has 0 aromatic rings. The van der Waals surface area contributed by atoms with Crippen molar-refractivity contribution in [1.82, 2.24) is 0 Å². The summed E-state index contributed by atoms with van der Waals surface area (Å²) in [6, 6.07) is 0. The molecule has 4 heteroatoms. The smallest absolute Gasteiger partial charge is 0.310 e. The Morgan fingerprint density at radius 3 is 2.00 bits per heavy atom. The highest BCUT2D eigenvalue weighted by molar-refractivity contribution is 5.82. The SMILES string of the molecule is COC(=O)[C@@H]1C(C)C#CC(C)[C@@H]1C(=O)O. The maximum atomic E-state index is 11.5. The number of methoxy groups -OCH3 is 1. The summed E-state index contributed by atoms with van der Waals surface area (Å²) in [5.41, 5.74) is 0. The molecule has 0 bridgehead atoms. The quantitative estimate of drug-likeness (QED) is 0.540. The first kappa shape index (κ1) is 11.6. The number of rotatable bonds is 2. The fourth-order valence-electron chi connectivity index (χ4n) is 1.92. The molecule has 0 fully saturated rings. The summed E-state index contributed by atoms with van der Waals surface area (Å²) in [5, 5.41) is 9.07. The average molecular weight is 210 g/mol. The van der Waals surface area contributed by atoms with Crippen molar-refractivity contribution in [3.05, 3.63) is 0 Å². The van der Waals surface area contributed by atoms with Gasteiger partial charge in [0, 0.05) is 11.8 Å². The van der Waals surface area contributed by atoms with Gasteiger partial charge in [-0.1, -0.05) is 25.7 Å². The van der Waals surface area contributed by atoms with Crippen LogP contribution in [0.1, 0.15) is 13.8 Å². The fraction of sp³-hybridized carbons (Fsp3) is 0.636. The minimum absolute atomic E-state index is 0.269. The zero-order valence-corrected chi connectivity index (χ0v) is 8.98. The Hall–Kier alpha value is -1.50. The number of carboxylic acid groups (broad SMARTS) is 1. The molecular formula is C11H14O4. The molecule has 0 aromatic carbocycles. The van der Waals surface area contributed by atoms with Gasteiger partial charge in [-0.05, 0) is 0 Å². The molecule has 0 saturated heterocycles. The van der Waals surface area contributed by atoms with Crippen molar-refractivity contribution in [3.63, 3.8) is 0 Å². The molecular weight excluding hydrogens is 196 g/mol. The van der Waals surface area contributed by atoms with Crippen LogP contribution in [0.4, 0.5) is 0 Å². The number of esters is 1. The minimum atomic E-state index is -0.987. The van der Waals surface area contributed by atoms with Crippen LogP contribution in [0.15, 0.2) is 0 Å². The number of carboxylic acids is 1. The number of carbonyl (C=O) groups excluding carboxylic acids is 1. The highest BCUT2D eigenvalue weighted by Gasteiger charge is 2.42. The third-order valence-electron chi connectivity index (χ3n) is 2.76. The van der Waals surface area contributed by atoms with E-state index in [4.69, 9.17) is 5.11 Å². The molecule has 4 atom stereocenters. The van der Waals surface area contributed by atoms with Crippen LogP contribution in [-0.4, -0.2) is 24.2 Å². The van der Waals surface area contributed by atoms with Gasteiger partial charge in [0.15, 0.2) is 0 Å². The van der Waals surface area contributed by atoms with Gasteiger partial charge in [-0.25, -0.2) is 0 Å². The highest BCUT2D eigenvalue weighted by Crippen LogP contribution is 2.31. The Labute approximate surface area is 88.6 Å². The first-order chi connectivity index (χ1) is 6.99. The second kappa shape index (κ2) is 4.35. The van der Waals surface area contributed by atoms with Gasteiger partial charge >= 0.3 is 11.9 Å². The Morgan fingerprint density at radius 2 is 1.60 bits per heavy atom. The molecule has 1 rings (SSSR count). The van der Waals surface area contributed by atoms with E-state index in [2.05, 4.69) is 16.6 Å².